The molecule has 1 amide bonds. The molecule has 0 saturated carbocycles. The van der Waals surface area contributed by atoms with E-state index in [0.717, 1.165) is 16.7 Å². The highest BCUT2D eigenvalue weighted by Gasteiger charge is 2.17. The van der Waals surface area contributed by atoms with E-state index in [1.165, 1.54) is 0 Å². The van der Waals surface area contributed by atoms with Gasteiger partial charge in [0.25, 0.3) is 0 Å². The van der Waals surface area contributed by atoms with E-state index in [0.29, 0.717) is 5.56 Å². The lowest BCUT2D eigenvalue weighted by atomic mass is 10.00. The number of likely N-dealkylation sites (N-methyl/N-ethyl adjacent to an activating group) is 1. The summed E-state index contributed by atoms with van der Waals surface area (Å²) in [6.45, 7) is 3.92. The fourth-order valence-corrected chi connectivity index (χ4v) is 2.66. The molecule has 1 N–H and O–H groups in total. The molecule has 0 bridgehead atoms. The van der Waals surface area contributed by atoms with Gasteiger partial charge in [-0.1, -0.05) is 36.4 Å². The van der Waals surface area contributed by atoms with Crippen LogP contribution in [0.4, 0.5) is 0 Å². The standard InChI is InChI=1S/C20H23N3O/c1-14(22-15(2)20(24)23(3)4)17-8-10-18(11-9-17)19-7-5-6-16(12-19)13-21/h5-12,14-15,22H,1-4H3/t14-,15-/m1/s1. The second kappa shape index (κ2) is 7.76. The normalized spacial score (nSPS) is 13.0. The van der Waals surface area contributed by atoms with E-state index < -0.39 is 0 Å². The Balaban J connectivity index is 2.11. The van der Waals surface area contributed by atoms with Gasteiger partial charge in [-0.3, -0.25) is 10.1 Å². The van der Waals surface area contributed by atoms with Gasteiger partial charge in [0.2, 0.25) is 5.91 Å². The van der Waals surface area contributed by atoms with Crippen LogP contribution in [0.3, 0.4) is 0 Å². The highest BCUT2D eigenvalue weighted by molar-refractivity contribution is 5.81. The zero-order valence-electron chi connectivity index (χ0n) is 14.6. The van der Waals surface area contributed by atoms with E-state index in [1.807, 2.05) is 44.2 Å². The van der Waals surface area contributed by atoms with Crippen molar-refractivity contribution in [3.63, 3.8) is 0 Å². The Kier molecular flexibility index (Phi) is 5.73. The third kappa shape index (κ3) is 4.21. The van der Waals surface area contributed by atoms with Gasteiger partial charge < -0.3 is 4.90 Å². The Morgan fingerprint density at radius 2 is 1.75 bits per heavy atom. The minimum Gasteiger partial charge on any atom is -0.347 e. The molecular formula is C20H23N3O. The number of nitrogens with one attached hydrogen (secondary N) is 1. The molecule has 0 aliphatic heterocycles. The van der Waals surface area contributed by atoms with Gasteiger partial charge in [-0.2, -0.15) is 5.26 Å². The Hall–Kier alpha value is -2.64. The molecule has 2 aromatic carbocycles. The minimum atomic E-state index is -0.234. The number of rotatable bonds is 5. The monoisotopic (exact) mass is 321 g/mol. The number of hydrogen-bond donors (Lipinski definition) is 1. The van der Waals surface area contributed by atoms with Gasteiger partial charge in [0, 0.05) is 20.1 Å². The zero-order valence-corrected chi connectivity index (χ0v) is 14.6. The van der Waals surface area contributed by atoms with Crippen molar-refractivity contribution in [2.45, 2.75) is 25.9 Å². The summed E-state index contributed by atoms with van der Waals surface area (Å²) in [6, 6.07) is 17.8. The van der Waals surface area contributed by atoms with Gasteiger partial charge in [0.05, 0.1) is 17.7 Å². The topological polar surface area (TPSA) is 56.1 Å². The Morgan fingerprint density at radius 3 is 2.33 bits per heavy atom. The van der Waals surface area contributed by atoms with Crippen LogP contribution >= 0.6 is 0 Å². The molecule has 0 aromatic heterocycles. The molecule has 0 saturated heterocycles. The van der Waals surface area contributed by atoms with Crippen LogP contribution in [0.5, 0.6) is 0 Å². The van der Waals surface area contributed by atoms with Crippen molar-refractivity contribution in [1.29, 1.82) is 5.26 Å². The number of nitrogens with zero attached hydrogens (tertiary/aromatic N) is 2. The smallest absolute Gasteiger partial charge is 0.238 e. The SMILES string of the molecule is C[C@@H](N[C@H](C)c1ccc(-c2cccc(C#N)c2)cc1)C(=O)N(C)C. The molecule has 0 radical (unpaired) electrons. The summed E-state index contributed by atoms with van der Waals surface area (Å²) in [5.74, 6) is 0.0618. The molecule has 0 fully saturated rings. The molecule has 124 valence electrons. The minimum absolute atomic E-state index is 0.0618. The maximum atomic E-state index is 11.9. The fraction of sp³-hybridized carbons (Fsp3) is 0.300. The average Bonchev–Trinajstić information content (AvgIpc) is 2.61. The fourth-order valence-electron chi connectivity index (χ4n) is 2.66. The van der Waals surface area contributed by atoms with E-state index in [-0.39, 0.29) is 18.0 Å². The van der Waals surface area contributed by atoms with Crippen molar-refractivity contribution in [2.75, 3.05) is 14.1 Å². The number of hydrogen-bond acceptors (Lipinski definition) is 3. The summed E-state index contributed by atoms with van der Waals surface area (Å²) in [6.07, 6.45) is 0. The van der Waals surface area contributed by atoms with Crippen LogP contribution in [0.2, 0.25) is 0 Å². The summed E-state index contributed by atoms with van der Waals surface area (Å²) in [7, 11) is 3.52. The van der Waals surface area contributed by atoms with Crippen LogP contribution < -0.4 is 5.32 Å². The van der Waals surface area contributed by atoms with Crippen LogP contribution in [0.25, 0.3) is 11.1 Å². The van der Waals surface area contributed by atoms with Gasteiger partial charge in [-0.25, -0.2) is 0 Å². The highest BCUT2D eigenvalue weighted by Crippen LogP contribution is 2.23. The van der Waals surface area contributed by atoms with E-state index in [9.17, 15) is 4.79 Å². The summed E-state index contributed by atoms with van der Waals surface area (Å²) >= 11 is 0. The van der Waals surface area contributed by atoms with Crippen LogP contribution in [-0.2, 0) is 4.79 Å². The third-order valence-corrected chi connectivity index (χ3v) is 4.05. The Morgan fingerprint density at radius 1 is 1.08 bits per heavy atom. The van der Waals surface area contributed by atoms with Crippen molar-refractivity contribution in [2.24, 2.45) is 0 Å². The first-order valence-electron chi connectivity index (χ1n) is 8.00. The molecule has 24 heavy (non-hydrogen) atoms. The number of carbonyl (C=O) groups is 1. The van der Waals surface area contributed by atoms with Gasteiger partial charge in [-0.05, 0) is 42.7 Å². The number of carbonyl (C=O) groups excluding carboxylic acids is 1. The second-order valence-corrected chi connectivity index (χ2v) is 6.16. The average molecular weight is 321 g/mol. The maximum absolute atomic E-state index is 11.9. The summed E-state index contributed by atoms with van der Waals surface area (Å²) in [5.41, 5.74) is 3.87. The van der Waals surface area contributed by atoms with Gasteiger partial charge >= 0.3 is 0 Å². The first kappa shape index (κ1) is 17.7. The number of nitriles is 1. The van der Waals surface area contributed by atoms with Crippen LogP contribution in [0.1, 0.15) is 31.0 Å². The predicted octanol–water partition coefficient (Wildman–Crippen LogP) is 3.35. The molecule has 4 nitrogen and oxygen atoms in total. The van der Waals surface area contributed by atoms with Crippen LogP contribution in [-0.4, -0.2) is 30.9 Å². The number of benzene rings is 2. The molecule has 0 aliphatic carbocycles. The lowest BCUT2D eigenvalue weighted by Gasteiger charge is -2.22. The lowest BCUT2D eigenvalue weighted by molar-refractivity contribution is -0.130. The van der Waals surface area contributed by atoms with Gasteiger partial charge in [-0.15, -0.1) is 0 Å². The molecule has 0 spiro atoms. The molecule has 4 heteroatoms. The van der Waals surface area contributed by atoms with Crippen LogP contribution in [0, 0.1) is 11.3 Å². The van der Waals surface area contributed by atoms with Gasteiger partial charge in [0.1, 0.15) is 0 Å². The summed E-state index contributed by atoms with van der Waals surface area (Å²) in [4.78, 5) is 13.5. The van der Waals surface area contributed by atoms with E-state index in [2.05, 4.69) is 23.5 Å². The number of amides is 1. The van der Waals surface area contributed by atoms with Crippen LogP contribution in [0.15, 0.2) is 48.5 Å². The third-order valence-electron chi connectivity index (χ3n) is 4.05. The molecule has 0 aliphatic rings. The van der Waals surface area contributed by atoms with Crippen molar-refractivity contribution < 1.29 is 4.79 Å². The quantitative estimate of drug-likeness (QED) is 0.919. The Labute approximate surface area is 143 Å². The second-order valence-electron chi connectivity index (χ2n) is 6.16. The first-order chi connectivity index (χ1) is 11.4. The van der Waals surface area contributed by atoms with Crippen molar-refractivity contribution >= 4 is 5.91 Å². The van der Waals surface area contributed by atoms with E-state index >= 15 is 0 Å². The molecule has 0 unspecified atom stereocenters. The van der Waals surface area contributed by atoms with Crippen molar-refractivity contribution in [3.8, 4) is 17.2 Å². The first-order valence-corrected chi connectivity index (χ1v) is 8.00. The van der Waals surface area contributed by atoms with Gasteiger partial charge in [0.15, 0.2) is 0 Å². The molecular weight excluding hydrogens is 298 g/mol. The molecule has 0 heterocycles. The molecule has 2 atom stereocenters. The lowest BCUT2D eigenvalue weighted by Crippen LogP contribution is -2.42. The van der Waals surface area contributed by atoms with Crippen molar-refractivity contribution in [3.05, 3.63) is 59.7 Å². The summed E-state index contributed by atoms with van der Waals surface area (Å²) < 4.78 is 0. The maximum Gasteiger partial charge on any atom is 0.238 e. The summed E-state index contributed by atoms with van der Waals surface area (Å²) in [5, 5.41) is 12.3. The predicted molar refractivity (Wildman–Crippen MR) is 96.3 cm³/mol. The Bertz CT molecular complexity index is 744. The largest absolute Gasteiger partial charge is 0.347 e. The van der Waals surface area contributed by atoms with E-state index in [4.69, 9.17) is 5.26 Å². The zero-order chi connectivity index (χ0) is 17.7. The highest BCUT2D eigenvalue weighted by atomic mass is 16.2. The van der Waals surface area contributed by atoms with Crippen molar-refractivity contribution in [1.82, 2.24) is 10.2 Å². The molecule has 2 aromatic rings. The molecule has 2 rings (SSSR count). The van der Waals surface area contributed by atoms with E-state index in [1.54, 1.807) is 25.1 Å².